The monoisotopic (exact) mass is 294 g/mol. The SMILES string of the molecule is CCOC[C@@]12CCCO[C@@H]1CCN(Cc1cc(C)on1)C2. The Hall–Kier alpha value is -0.910. The van der Waals surface area contributed by atoms with Gasteiger partial charge in [0.2, 0.25) is 0 Å². The molecule has 0 aromatic carbocycles. The first-order chi connectivity index (χ1) is 10.2. The molecule has 1 aromatic rings. The van der Waals surface area contributed by atoms with Crippen molar-refractivity contribution in [3.8, 4) is 0 Å². The number of fused-ring (bicyclic) bond motifs is 1. The molecule has 3 rings (SSSR count). The largest absolute Gasteiger partial charge is 0.381 e. The Morgan fingerprint density at radius 3 is 3.19 bits per heavy atom. The third-order valence-corrected chi connectivity index (χ3v) is 4.72. The van der Waals surface area contributed by atoms with Crippen LogP contribution in [0.25, 0.3) is 0 Å². The molecular formula is C16H26N2O3. The van der Waals surface area contributed by atoms with E-state index in [2.05, 4.69) is 17.0 Å². The van der Waals surface area contributed by atoms with Crippen molar-refractivity contribution in [1.29, 1.82) is 0 Å². The Balaban J connectivity index is 1.68. The van der Waals surface area contributed by atoms with E-state index in [1.165, 1.54) is 6.42 Å². The fraction of sp³-hybridized carbons (Fsp3) is 0.812. The standard InChI is InChI=1S/C16H26N2O3/c1-3-19-12-16-6-4-8-20-15(16)5-7-18(11-16)10-14-9-13(2)21-17-14/h9,15H,3-8,10-12H2,1-2H3/t15-,16+/m1/s1. The fourth-order valence-corrected chi connectivity index (χ4v) is 3.75. The van der Waals surface area contributed by atoms with Crippen molar-refractivity contribution in [2.45, 2.75) is 45.8 Å². The Bertz CT molecular complexity index is 462. The van der Waals surface area contributed by atoms with Crippen LogP contribution in [0.3, 0.4) is 0 Å². The first kappa shape index (κ1) is 15.0. The van der Waals surface area contributed by atoms with Crippen molar-refractivity contribution in [3.05, 3.63) is 17.5 Å². The minimum atomic E-state index is 0.158. The smallest absolute Gasteiger partial charge is 0.133 e. The number of rotatable bonds is 5. The molecular weight excluding hydrogens is 268 g/mol. The highest BCUT2D eigenvalue weighted by atomic mass is 16.5. The minimum Gasteiger partial charge on any atom is -0.381 e. The average molecular weight is 294 g/mol. The summed E-state index contributed by atoms with van der Waals surface area (Å²) in [5.41, 5.74) is 1.18. The van der Waals surface area contributed by atoms with Crippen LogP contribution in [0.15, 0.2) is 10.6 Å². The van der Waals surface area contributed by atoms with Gasteiger partial charge in [0.25, 0.3) is 0 Å². The number of hydrogen-bond acceptors (Lipinski definition) is 5. The fourth-order valence-electron chi connectivity index (χ4n) is 3.75. The molecule has 0 saturated carbocycles. The summed E-state index contributed by atoms with van der Waals surface area (Å²) in [4.78, 5) is 2.47. The van der Waals surface area contributed by atoms with Crippen LogP contribution in [0.1, 0.15) is 37.6 Å². The van der Waals surface area contributed by atoms with Crippen LogP contribution in [0.5, 0.6) is 0 Å². The highest BCUT2D eigenvalue weighted by molar-refractivity contribution is 5.05. The zero-order valence-electron chi connectivity index (χ0n) is 13.1. The molecule has 1 aromatic heterocycles. The van der Waals surface area contributed by atoms with Gasteiger partial charge in [-0.25, -0.2) is 0 Å². The van der Waals surface area contributed by atoms with E-state index in [4.69, 9.17) is 14.0 Å². The molecule has 0 aliphatic carbocycles. The van der Waals surface area contributed by atoms with Crippen LogP contribution in [0.4, 0.5) is 0 Å². The van der Waals surface area contributed by atoms with Gasteiger partial charge in [-0.2, -0.15) is 0 Å². The molecule has 0 amide bonds. The van der Waals surface area contributed by atoms with Crippen molar-refractivity contribution >= 4 is 0 Å². The first-order valence-corrected chi connectivity index (χ1v) is 8.06. The van der Waals surface area contributed by atoms with E-state index in [1.54, 1.807) is 0 Å². The van der Waals surface area contributed by atoms with Crippen LogP contribution < -0.4 is 0 Å². The molecule has 3 heterocycles. The summed E-state index contributed by atoms with van der Waals surface area (Å²) in [7, 11) is 0. The normalized spacial score (nSPS) is 30.3. The van der Waals surface area contributed by atoms with Crippen LogP contribution in [-0.4, -0.2) is 49.1 Å². The van der Waals surface area contributed by atoms with Crippen molar-refractivity contribution < 1.29 is 14.0 Å². The number of aryl methyl sites for hydroxylation is 1. The van der Waals surface area contributed by atoms with Crippen molar-refractivity contribution in [2.75, 3.05) is 32.9 Å². The zero-order chi connectivity index (χ0) is 14.7. The Labute approximate surface area is 126 Å². The van der Waals surface area contributed by atoms with Gasteiger partial charge in [-0.15, -0.1) is 0 Å². The summed E-state index contributed by atoms with van der Waals surface area (Å²) >= 11 is 0. The molecule has 2 aliphatic heterocycles. The summed E-state index contributed by atoms with van der Waals surface area (Å²) in [6.07, 6.45) is 3.78. The number of nitrogens with zero attached hydrogens (tertiary/aromatic N) is 2. The number of piperidine rings is 1. The average Bonchev–Trinajstić information content (AvgIpc) is 2.90. The maximum absolute atomic E-state index is 6.04. The van der Waals surface area contributed by atoms with Crippen LogP contribution in [0, 0.1) is 12.3 Å². The Kier molecular flexibility index (Phi) is 4.62. The summed E-state index contributed by atoms with van der Waals surface area (Å²) in [5.74, 6) is 0.880. The molecule has 5 nitrogen and oxygen atoms in total. The van der Waals surface area contributed by atoms with Gasteiger partial charge < -0.3 is 14.0 Å². The second kappa shape index (κ2) is 6.46. The van der Waals surface area contributed by atoms with Crippen LogP contribution in [0.2, 0.25) is 0 Å². The quantitative estimate of drug-likeness (QED) is 0.834. The highest BCUT2D eigenvalue weighted by Gasteiger charge is 2.46. The molecule has 0 N–H and O–H groups in total. The summed E-state index contributed by atoms with van der Waals surface area (Å²) in [6.45, 7) is 9.44. The molecule has 0 unspecified atom stereocenters. The van der Waals surface area contributed by atoms with Gasteiger partial charge in [0, 0.05) is 44.3 Å². The van der Waals surface area contributed by atoms with Gasteiger partial charge in [-0.3, -0.25) is 4.90 Å². The predicted octanol–water partition coefficient (Wildman–Crippen LogP) is 2.39. The lowest BCUT2D eigenvalue weighted by Gasteiger charge is -2.50. The van der Waals surface area contributed by atoms with E-state index in [9.17, 15) is 0 Å². The molecule has 2 fully saturated rings. The lowest BCUT2D eigenvalue weighted by atomic mass is 9.73. The lowest BCUT2D eigenvalue weighted by molar-refractivity contribution is -0.153. The predicted molar refractivity (Wildman–Crippen MR) is 79.0 cm³/mol. The molecule has 0 spiro atoms. The minimum absolute atomic E-state index is 0.158. The highest BCUT2D eigenvalue weighted by Crippen LogP contribution is 2.40. The Morgan fingerprint density at radius 2 is 2.43 bits per heavy atom. The topological polar surface area (TPSA) is 47.7 Å². The van der Waals surface area contributed by atoms with E-state index in [0.29, 0.717) is 6.10 Å². The van der Waals surface area contributed by atoms with E-state index < -0.39 is 0 Å². The maximum atomic E-state index is 6.04. The summed E-state index contributed by atoms with van der Waals surface area (Å²) < 4.78 is 17.0. The number of likely N-dealkylation sites (tertiary alicyclic amines) is 1. The van der Waals surface area contributed by atoms with Gasteiger partial charge in [0.05, 0.1) is 18.4 Å². The molecule has 2 aliphatic rings. The third-order valence-electron chi connectivity index (χ3n) is 4.72. The lowest BCUT2D eigenvalue weighted by Crippen LogP contribution is -2.56. The van der Waals surface area contributed by atoms with Crippen LogP contribution >= 0.6 is 0 Å². The van der Waals surface area contributed by atoms with Gasteiger partial charge in [0.1, 0.15) is 5.76 Å². The van der Waals surface area contributed by atoms with Crippen molar-refractivity contribution in [2.24, 2.45) is 5.41 Å². The molecule has 0 radical (unpaired) electrons. The molecule has 5 heteroatoms. The van der Waals surface area contributed by atoms with Gasteiger partial charge >= 0.3 is 0 Å². The van der Waals surface area contributed by atoms with Gasteiger partial charge in [-0.1, -0.05) is 5.16 Å². The second-order valence-electron chi connectivity index (χ2n) is 6.39. The van der Waals surface area contributed by atoms with Crippen LogP contribution in [-0.2, 0) is 16.0 Å². The summed E-state index contributed by atoms with van der Waals surface area (Å²) in [6, 6.07) is 2.03. The zero-order valence-corrected chi connectivity index (χ0v) is 13.1. The van der Waals surface area contributed by atoms with Crippen molar-refractivity contribution in [3.63, 3.8) is 0 Å². The number of hydrogen-bond donors (Lipinski definition) is 0. The molecule has 2 atom stereocenters. The molecule has 0 bridgehead atoms. The number of aromatic nitrogens is 1. The second-order valence-corrected chi connectivity index (χ2v) is 6.39. The first-order valence-electron chi connectivity index (χ1n) is 8.06. The van der Waals surface area contributed by atoms with E-state index in [0.717, 1.165) is 63.8 Å². The van der Waals surface area contributed by atoms with Gasteiger partial charge in [-0.05, 0) is 33.1 Å². The summed E-state index contributed by atoms with van der Waals surface area (Å²) in [5, 5.41) is 4.12. The molecule has 118 valence electrons. The maximum Gasteiger partial charge on any atom is 0.133 e. The van der Waals surface area contributed by atoms with E-state index >= 15 is 0 Å². The van der Waals surface area contributed by atoms with E-state index in [1.807, 2.05) is 13.0 Å². The van der Waals surface area contributed by atoms with E-state index in [-0.39, 0.29) is 5.41 Å². The van der Waals surface area contributed by atoms with Crippen molar-refractivity contribution in [1.82, 2.24) is 10.1 Å². The molecule has 21 heavy (non-hydrogen) atoms. The molecule has 2 saturated heterocycles. The van der Waals surface area contributed by atoms with Gasteiger partial charge in [0.15, 0.2) is 0 Å². The third kappa shape index (κ3) is 3.30. The number of ether oxygens (including phenoxy) is 2. The Morgan fingerprint density at radius 1 is 1.52 bits per heavy atom.